The number of benzene rings is 1. The smallest absolute Gasteiger partial charge is 0.306 e. The molecular formula is C15H26N4O2. The largest absolute Gasteiger partial charge is 0.460 e. The summed E-state index contributed by atoms with van der Waals surface area (Å²) in [6, 6.07) is 10.3. The lowest BCUT2D eigenvalue weighted by atomic mass is 10.2. The molecule has 1 aromatic carbocycles. The van der Waals surface area contributed by atoms with Gasteiger partial charge in [-0.3, -0.25) is 10.2 Å². The van der Waals surface area contributed by atoms with E-state index in [1.54, 1.807) is 0 Å². The van der Waals surface area contributed by atoms with E-state index < -0.39 is 5.60 Å². The molecule has 1 aliphatic heterocycles. The second kappa shape index (κ2) is 8.26. The van der Waals surface area contributed by atoms with E-state index in [1.165, 1.54) is 5.56 Å². The number of ether oxygens (including phenoxy) is 1. The zero-order chi connectivity index (χ0) is 15.7. The second-order valence-electron chi connectivity index (χ2n) is 5.66. The van der Waals surface area contributed by atoms with Crippen molar-refractivity contribution in [1.29, 1.82) is 0 Å². The van der Waals surface area contributed by atoms with Gasteiger partial charge in [-0.1, -0.05) is 35.9 Å². The van der Waals surface area contributed by atoms with E-state index in [-0.39, 0.29) is 7.40 Å². The molecule has 2 rings (SSSR count). The minimum absolute atomic E-state index is 0. The van der Waals surface area contributed by atoms with Gasteiger partial charge in [0.05, 0.1) is 6.42 Å². The van der Waals surface area contributed by atoms with Crippen LogP contribution in [0, 0.1) is 6.92 Å². The summed E-state index contributed by atoms with van der Waals surface area (Å²) in [5.41, 5.74) is 8.77. The summed E-state index contributed by atoms with van der Waals surface area (Å²) < 4.78 is 5.13. The molecule has 118 valence electrons. The van der Waals surface area contributed by atoms with Crippen molar-refractivity contribution in [1.82, 2.24) is 16.5 Å². The van der Waals surface area contributed by atoms with Crippen molar-refractivity contribution in [3.05, 3.63) is 35.9 Å². The number of nitrogens with zero attached hydrogens (tertiary/aromatic N) is 1. The highest BCUT2D eigenvalue weighted by molar-refractivity contribution is 5.85. The van der Waals surface area contributed by atoms with Crippen LogP contribution in [0.5, 0.6) is 0 Å². The van der Waals surface area contributed by atoms with E-state index in [1.807, 2.05) is 39.0 Å². The number of hydrazone groups is 1. The summed E-state index contributed by atoms with van der Waals surface area (Å²) in [7, 11) is 0. The van der Waals surface area contributed by atoms with Crippen LogP contribution in [-0.2, 0) is 9.53 Å². The molecule has 1 heterocycles. The lowest BCUT2D eigenvalue weighted by Gasteiger charge is -2.19. The van der Waals surface area contributed by atoms with E-state index in [9.17, 15) is 4.79 Å². The van der Waals surface area contributed by atoms with Gasteiger partial charge in [-0.05, 0) is 27.7 Å². The van der Waals surface area contributed by atoms with Crippen molar-refractivity contribution in [2.75, 3.05) is 0 Å². The first-order valence-electron chi connectivity index (χ1n) is 6.93. The summed E-state index contributed by atoms with van der Waals surface area (Å²) in [6.45, 7) is 7.62. The van der Waals surface area contributed by atoms with Crippen LogP contribution in [0.4, 0.5) is 0 Å². The lowest BCUT2D eigenvalue weighted by Crippen LogP contribution is -2.35. The fourth-order valence-electron chi connectivity index (χ4n) is 1.49. The topological polar surface area (TPSA) is 74.8 Å². The second-order valence-corrected chi connectivity index (χ2v) is 5.66. The number of carbonyl (C=O) groups excluding carboxylic acids is 1. The third-order valence-corrected chi connectivity index (χ3v) is 2.38. The molecule has 21 heavy (non-hydrogen) atoms. The van der Waals surface area contributed by atoms with E-state index in [2.05, 4.69) is 40.7 Å². The third-order valence-electron chi connectivity index (χ3n) is 2.38. The Morgan fingerprint density at radius 1 is 1.29 bits per heavy atom. The van der Waals surface area contributed by atoms with Crippen LogP contribution in [0.2, 0.25) is 0 Å². The Labute approximate surface area is 127 Å². The van der Waals surface area contributed by atoms with E-state index >= 15 is 0 Å². The minimum atomic E-state index is -0.418. The first kappa shape index (κ1) is 17.0. The van der Waals surface area contributed by atoms with E-state index in [0.29, 0.717) is 18.7 Å². The summed E-state index contributed by atoms with van der Waals surface area (Å²) in [5, 5.41) is 3.84. The molecule has 0 saturated carbocycles. The number of aryl methyl sites for hydroxylation is 1. The maximum Gasteiger partial charge on any atom is 0.306 e. The average Bonchev–Trinajstić information content (AvgIpc) is 2.89. The Balaban J connectivity index is 0.000000465. The molecule has 6 nitrogen and oxygen atoms in total. The van der Waals surface area contributed by atoms with Crippen molar-refractivity contribution in [2.45, 2.75) is 46.1 Å². The maximum absolute atomic E-state index is 11.3. The Kier molecular flexibility index (Phi) is 6.68. The van der Waals surface area contributed by atoms with Crippen molar-refractivity contribution >= 4 is 11.8 Å². The summed E-state index contributed by atoms with van der Waals surface area (Å²) in [4.78, 5) is 11.3. The van der Waals surface area contributed by atoms with Gasteiger partial charge >= 0.3 is 5.97 Å². The van der Waals surface area contributed by atoms with Crippen molar-refractivity contribution < 1.29 is 11.0 Å². The average molecular weight is 294 g/mol. The summed E-state index contributed by atoms with van der Waals surface area (Å²) >= 11 is 0. The molecule has 0 atom stereocenters. The van der Waals surface area contributed by atoms with Gasteiger partial charge in [0.2, 0.25) is 0 Å². The Hall–Kier alpha value is -2.08. The highest BCUT2D eigenvalue weighted by atomic mass is 16.6. The molecule has 6 heteroatoms. The molecule has 0 bridgehead atoms. The van der Waals surface area contributed by atoms with Gasteiger partial charge in [-0.2, -0.15) is 0 Å². The standard InChI is InChI=1S/C8H16N4O2.C7H8.H2/c1-8(2,3)14-7(13)5-4-6-9-11-12-10-6;1-7-5-3-2-4-6-7;/h11-12H,4-5H2,1-3H3,(H,9,10);2-6H,1H3;1H. The number of hydrazine groups is 2. The Bertz CT molecular complexity index is 472. The summed E-state index contributed by atoms with van der Waals surface area (Å²) in [6.07, 6.45) is 0.862. The first-order chi connectivity index (χ1) is 9.87. The number of hydrogen-bond acceptors (Lipinski definition) is 6. The van der Waals surface area contributed by atoms with Crippen LogP contribution >= 0.6 is 0 Å². The molecule has 0 saturated heterocycles. The van der Waals surface area contributed by atoms with Crippen LogP contribution in [0.15, 0.2) is 35.4 Å². The van der Waals surface area contributed by atoms with Gasteiger partial charge in [0, 0.05) is 7.85 Å². The zero-order valence-corrected chi connectivity index (χ0v) is 13.1. The lowest BCUT2D eigenvalue weighted by molar-refractivity contribution is -0.154. The number of amidine groups is 1. The number of carbonyl (C=O) groups is 1. The molecule has 0 radical (unpaired) electrons. The minimum Gasteiger partial charge on any atom is -0.460 e. The number of rotatable bonds is 3. The Morgan fingerprint density at radius 3 is 2.38 bits per heavy atom. The van der Waals surface area contributed by atoms with Gasteiger partial charge in [0.15, 0.2) is 0 Å². The fourth-order valence-corrected chi connectivity index (χ4v) is 1.49. The molecule has 0 aliphatic carbocycles. The highest BCUT2D eigenvalue weighted by Crippen LogP contribution is 2.09. The molecule has 1 aliphatic rings. The molecular weight excluding hydrogens is 268 g/mol. The van der Waals surface area contributed by atoms with Crippen molar-refractivity contribution in [3.8, 4) is 0 Å². The van der Waals surface area contributed by atoms with Crippen molar-refractivity contribution in [3.63, 3.8) is 0 Å². The molecule has 3 N–H and O–H groups in total. The number of hydrogen-bond donors (Lipinski definition) is 3. The monoisotopic (exact) mass is 294 g/mol. The molecule has 0 aromatic heterocycles. The van der Waals surface area contributed by atoms with E-state index in [4.69, 9.17) is 4.74 Å². The van der Waals surface area contributed by atoms with Crippen LogP contribution < -0.4 is 16.5 Å². The van der Waals surface area contributed by atoms with Crippen LogP contribution in [-0.4, -0.2) is 17.4 Å². The van der Waals surface area contributed by atoms with Crippen LogP contribution in [0.1, 0.15) is 40.6 Å². The van der Waals surface area contributed by atoms with Gasteiger partial charge in [-0.25, -0.2) is 5.53 Å². The predicted molar refractivity (Wildman–Crippen MR) is 85.2 cm³/mol. The predicted octanol–water partition coefficient (Wildman–Crippen LogP) is 2.28. The summed E-state index contributed by atoms with van der Waals surface area (Å²) in [5.74, 6) is 0.491. The van der Waals surface area contributed by atoms with Crippen LogP contribution in [0.25, 0.3) is 0 Å². The SMILES string of the molecule is CC(C)(C)OC(=O)CCC1=NNNN1.Cc1ccccc1.[HH]. The van der Waals surface area contributed by atoms with Crippen LogP contribution in [0.3, 0.4) is 0 Å². The van der Waals surface area contributed by atoms with Crippen molar-refractivity contribution in [2.24, 2.45) is 5.10 Å². The van der Waals surface area contributed by atoms with Gasteiger partial charge in [-0.15, -0.1) is 10.6 Å². The molecule has 0 amide bonds. The van der Waals surface area contributed by atoms with E-state index in [0.717, 1.165) is 0 Å². The molecule has 0 spiro atoms. The fraction of sp³-hybridized carbons (Fsp3) is 0.467. The van der Waals surface area contributed by atoms with Gasteiger partial charge in [0.25, 0.3) is 0 Å². The molecule has 0 fully saturated rings. The first-order valence-corrected chi connectivity index (χ1v) is 6.93. The normalized spacial score (nSPS) is 13.2. The highest BCUT2D eigenvalue weighted by Gasteiger charge is 2.17. The van der Waals surface area contributed by atoms with Gasteiger partial charge < -0.3 is 4.74 Å². The Morgan fingerprint density at radius 2 is 1.95 bits per heavy atom. The zero-order valence-electron chi connectivity index (χ0n) is 13.1. The van der Waals surface area contributed by atoms with Gasteiger partial charge in [0.1, 0.15) is 11.4 Å². The maximum atomic E-state index is 11.3. The number of esters is 1. The third kappa shape index (κ3) is 8.65. The quantitative estimate of drug-likeness (QED) is 0.746. The number of nitrogens with one attached hydrogen (secondary N) is 3. The molecule has 0 unspecified atom stereocenters. The molecule has 1 aromatic rings.